The highest BCUT2D eigenvalue weighted by Gasteiger charge is 2.47. The molecule has 3 fully saturated rings. The van der Waals surface area contributed by atoms with Crippen molar-refractivity contribution in [3.63, 3.8) is 0 Å². The van der Waals surface area contributed by atoms with Crippen LogP contribution in [-0.4, -0.2) is 107 Å². The normalized spacial score (nSPS) is 26.2. The third-order valence-electron chi connectivity index (χ3n) is 11.5. The van der Waals surface area contributed by atoms with Crippen LogP contribution in [0.15, 0.2) is 16.9 Å². The number of amidine groups is 1. The Labute approximate surface area is 331 Å². The maximum absolute atomic E-state index is 5.62. The summed E-state index contributed by atoms with van der Waals surface area (Å²) < 4.78 is 0. The second-order valence-corrected chi connectivity index (χ2v) is 21.2. The topological polar surface area (TPSA) is 141 Å². The molecule has 4 rings (SSSR count). The quantitative estimate of drug-likeness (QED) is 0.0853. The average molecular weight is 759 g/mol. The maximum Gasteiger partial charge on any atom is 0.141 e. The molecule has 4 heterocycles. The predicted octanol–water partition coefficient (Wildman–Crippen LogP) is 4.62. The summed E-state index contributed by atoms with van der Waals surface area (Å²) in [6, 6.07) is 0.735. The summed E-state index contributed by atoms with van der Waals surface area (Å²) in [5.41, 5.74) is 17.2. The van der Waals surface area contributed by atoms with Crippen molar-refractivity contribution in [2.75, 3.05) is 45.8 Å². The highest BCUT2D eigenvalue weighted by molar-refractivity contribution is 5.93. The molecule has 0 aliphatic carbocycles. The first-order chi connectivity index (χ1) is 25.1. The molecular formula is C42H86N12. The van der Waals surface area contributed by atoms with E-state index in [-0.39, 0.29) is 33.2 Å². The van der Waals surface area contributed by atoms with Crippen LogP contribution in [0.5, 0.6) is 0 Å². The van der Waals surface area contributed by atoms with Gasteiger partial charge in [0.2, 0.25) is 0 Å². The molecular weight excluding hydrogens is 673 g/mol. The number of rotatable bonds is 19. The Morgan fingerprint density at radius 1 is 0.630 bits per heavy atom. The first kappa shape index (κ1) is 45.2. The van der Waals surface area contributed by atoms with Crippen molar-refractivity contribution in [1.29, 1.82) is 0 Å². The van der Waals surface area contributed by atoms with Gasteiger partial charge in [0, 0.05) is 77.6 Å². The highest BCUT2D eigenvalue weighted by Crippen LogP contribution is 2.40. The monoisotopic (exact) mass is 759 g/mol. The van der Waals surface area contributed by atoms with Crippen molar-refractivity contribution in [1.82, 2.24) is 53.0 Å². The fourth-order valence-electron chi connectivity index (χ4n) is 10.9. The summed E-state index contributed by atoms with van der Waals surface area (Å²) in [7, 11) is 0. The number of hydrogen-bond donors (Lipinski definition) is 9. The number of hydrazine groups is 3. The van der Waals surface area contributed by atoms with E-state index in [1.54, 1.807) is 0 Å². The lowest BCUT2D eigenvalue weighted by atomic mass is 9.74. The minimum atomic E-state index is 0.0245. The number of piperidine rings is 3. The van der Waals surface area contributed by atoms with E-state index in [0.717, 1.165) is 108 Å². The Morgan fingerprint density at radius 2 is 1.11 bits per heavy atom. The van der Waals surface area contributed by atoms with E-state index >= 15 is 0 Å². The molecule has 0 aromatic heterocycles. The zero-order valence-corrected chi connectivity index (χ0v) is 37.0. The molecule has 0 radical (unpaired) electrons. The lowest BCUT2D eigenvalue weighted by Crippen LogP contribution is -2.69. The lowest BCUT2D eigenvalue weighted by Gasteiger charge is -2.56. The molecule has 0 spiro atoms. The summed E-state index contributed by atoms with van der Waals surface area (Å²) in [5, 5.41) is 20.8. The summed E-state index contributed by atoms with van der Waals surface area (Å²) in [5.74, 6) is 2.81. The third-order valence-corrected chi connectivity index (χ3v) is 11.5. The van der Waals surface area contributed by atoms with E-state index in [1.807, 2.05) is 5.23 Å². The van der Waals surface area contributed by atoms with E-state index in [1.165, 1.54) is 25.7 Å². The van der Waals surface area contributed by atoms with E-state index in [2.05, 4.69) is 137 Å². The second-order valence-electron chi connectivity index (χ2n) is 21.2. The van der Waals surface area contributed by atoms with Crippen molar-refractivity contribution in [2.24, 2.45) is 16.6 Å². The van der Waals surface area contributed by atoms with Crippen LogP contribution >= 0.6 is 0 Å². The van der Waals surface area contributed by atoms with Gasteiger partial charge in [-0.1, -0.05) is 18.1 Å². The van der Waals surface area contributed by atoms with Gasteiger partial charge in [0.25, 0.3) is 0 Å². The van der Waals surface area contributed by atoms with Crippen molar-refractivity contribution in [3.05, 3.63) is 11.9 Å². The van der Waals surface area contributed by atoms with Gasteiger partial charge in [0.15, 0.2) is 0 Å². The Morgan fingerprint density at radius 3 is 1.61 bits per heavy atom. The van der Waals surface area contributed by atoms with Crippen LogP contribution in [0.1, 0.15) is 154 Å². The molecule has 0 saturated carbocycles. The fourth-order valence-corrected chi connectivity index (χ4v) is 10.9. The van der Waals surface area contributed by atoms with Crippen LogP contribution in [-0.2, 0) is 0 Å². The largest absolute Gasteiger partial charge is 0.351 e. The molecule has 0 aromatic carbocycles. The van der Waals surface area contributed by atoms with Gasteiger partial charge in [-0.15, -0.1) is 0 Å². The molecule has 3 saturated heterocycles. The minimum Gasteiger partial charge on any atom is -0.351 e. The van der Waals surface area contributed by atoms with Gasteiger partial charge < -0.3 is 37.2 Å². The molecule has 4 aliphatic rings. The smallest absolute Gasteiger partial charge is 0.141 e. The number of hydrogen-bond acceptors (Lipinski definition) is 11. The molecule has 10 N–H and O–H groups in total. The van der Waals surface area contributed by atoms with E-state index in [9.17, 15) is 0 Å². The van der Waals surface area contributed by atoms with Crippen LogP contribution in [0.4, 0.5) is 0 Å². The highest BCUT2D eigenvalue weighted by atomic mass is 15.9. The molecule has 0 aromatic rings. The predicted molar refractivity (Wildman–Crippen MR) is 229 cm³/mol. The van der Waals surface area contributed by atoms with Crippen molar-refractivity contribution < 1.29 is 0 Å². The molecule has 0 atom stereocenters. The van der Waals surface area contributed by atoms with Crippen LogP contribution in [0, 0.1) is 5.92 Å². The fraction of sp³-hybridized carbons (Fsp3) is 0.929. The number of unbranched alkanes of at least 4 members (excludes halogenated alkanes) is 1. The third kappa shape index (κ3) is 15.1. The number of aliphatic imine (C=N–C) groups is 1. The lowest BCUT2D eigenvalue weighted by molar-refractivity contribution is -0.00796. The van der Waals surface area contributed by atoms with Crippen molar-refractivity contribution in [2.45, 2.75) is 199 Å². The van der Waals surface area contributed by atoms with Gasteiger partial charge in [0.05, 0.1) is 0 Å². The van der Waals surface area contributed by atoms with Gasteiger partial charge >= 0.3 is 0 Å². The Hall–Kier alpha value is -1.51. The van der Waals surface area contributed by atoms with Gasteiger partial charge in [-0.2, -0.15) is 0 Å². The summed E-state index contributed by atoms with van der Waals surface area (Å²) in [6.45, 7) is 34.7. The first-order valence-corrected chi connectivity index (χ1v) is 21.7. The zero-order valence-electron chi connectivity index (χ0n) is 37.0. The molecule has 0 unspecified atom stereocenters. The number of nitrogens with two attached hydrogens (primary N) is 1. The van der Waals surface area contributed by atoms with Crippen LogP contribution in [0.2, 0.25) is 0 Å². The second kappa shape index (κ2) is 18.8. The van der Waals surface area contributed by atoms with E-state index in [0.29, 0.717) is 12.1 Å². The van der Waals surface area contributed by atoms with Crippen LogP contribution in [0.25, 0.3) is 0 Å². The molecule has 54 heavy (non-hydrogen) atoms. The SMILES string of the molecule is CC1(C)CC(CCCCNN2NC(N(C3CC(C)(C)NC(C)(C)C3)C3CC(C)(C)NC(C)(C)C3)=CC(=NCCCNCCNCCCN)N2)CC(C)(C)N1. The molecule has 4 aliphatic heterocycles. The van der Waals surface area contributed by atoms with Crippen molar-refractivity contribution >= 4 is 5.84 Å². The summed E-state index contributed by atoms with van der Waals surface area (Å²) in [6.07, 6.45) is 14.7. The molecule has 12 nitrogen and oxygen atoms in total. The first-order valence-electron chi connectivity index (χ1n) is 21.7. The van der Waals surface area contributed by atoms with Gasteiger partial charge in [-0.25, -0.2) is 5.43 Å². The molecule has 314 valence electrons. The molecule has 12 heteroatoms. The van der Waals surface area contributed by atoms with Crippen molar-refractivity contribution in [3.8, 4) is 0 Å². The van der Waals surface area contributed by atoms with Crippen LogP contribution < -0.4 is 48.6 Å². The van der Waals surface area contributed by atoms with Crippen LogP contribution in [0.3, 0.4) is 0 Å². The maximum atomic E-state index is 5.62. The Bertz CT molecular complexity index is 1140. The van der Waals surface area contributed by atoms with E-state index in [4.69, 9.17) is 10.7 Å². The zero-order chi connectivity index (χ0) is 39.8. The Kier molecular flexibility index (Phi) is 15.8. The standard InChI is InChI=1S/C42H86N12/c1-37(2)26-32(27-38(3,4)50-37)17-13-14-22-47-54-48-35(46-21-16-20-45-24-23-44-19-15-18-43)25-36(49-54)53(33-28-39(5,6)51-40(7,8)29-33)34-30-41(9,10)52-42(11,12)31-34/h25,32-34,44-45,47,49-52H,13-24,26-31,43H2,1-12H3,(H,46,48). The molecule has 0 amide bonds. The van der Waals surface area contributed by atoms with Gasteiger partial charge in [0.1, 0.15) is 11.7 Å². The number of nitrogens with one attached hydrogen (secondary N) is 8. The summed E-state index contributed by atoms with van der Waals surface area (Å²) in [4.78, 5) is 7.91. The van der Waals surface area contributed by atoms with Gasteiger partial charge in [-0.3, -0.25) is 15.8 Å². The number of nitrogens with zero attached hydrogens (tertiary/aromatic N) is 3. The molecule has 0 bridgehead atoms. The average Bonchev–Trinajstić information content (AvgIpc) is 2.97. The van der Waals surface area contributed by atoms with Gasteiger partial charge in [-0.05, 0) is 166 Å². The summed E-state index contributed by atoms with van der Waals surface area (Å²) >= 11 is 0. The minimum absolute atomic E-state index is 0.0245. The van der Waals surface area contributed by atoms with E-state index < -0.39 is 0 Å². The Balaban J connectivity index is 1.49.